The van der Waals surface area contributed by atoms with E-state index in [9.17, 15) is 0 Å². The van der Waals surface area contributed by atoms with Crippen molar-refractivity contribution in [3.05, 3.63) is 60.2 Å². The van der Waals surface area contributed by atoms with Gasteiger partial charge in [-0.05, 0) is 30.2 Å². The van der Waals surface area contributed by atoms with E-state index in [0.717, 1.165) is 11.8 Å². The first-order valence-corrected chi connectivity index (χ1v) is 7.35. The number of benzene rings is 1. The fourth-order valence-electron chi connectivity index (χ4n) is 3.60. The molecule has 0 aromatic heterocycles. The van der Waals surface area contributed by atoms with Crippen LogP contribution in [-0.4, -0.2) is 0 Å². The SMILES string of the molecule is C1=CC(c2ccccc2)C(C2CCCCC2)C=C1. The highest BCUT2D eigenvalue weighted by atomic mass is 14.3. The Morgan fingerprint density at radius 3 is 2.28 bits per heavy atom. The predicted octanol–water partition coefficient (Wildman–Crippen LogP) is 5.09. The molecule has 2 atom stereocenters. The molecular formula is C18H22. The van der Waals surface area contributed by atoms with Gasteiger partial charge < -0.3 is 0 Å². The molecule has 3 rings (SSSR count). The Morgan fingerprint density at radius 1 is 0.778 bits per heavy atom. The van der Waals surface area contributed by atoms with Crippen molar-refractivity contribution in [1.29, 1.82) is 0 Å². The normalized spacial score (nSPS) is 28.4. The zero-order valence-electron chi connectivity index (χ0n) is 11.0. The molecule has 0 spiro atoms. The molecule has 0 amide bonds. The number of hydrogen-bond donors (Lipinski definition) is 0. The Labute approximate surface area is 110 Å². The highest BCUT2D eigenvalue weighted by Gasteiger charge is 2.29. The minimum atomic E-state index is 0.597. The molecule has 0 heteroatoms. The van der Waals surface area contributed by atoms with Crippen LogP contribution in [0.5, 0.6) is 0 Å². The molecule has 1 saturated carbocycles. The second-order valence-electron chi connectivity index (χ2n) is 5.68. The standard InChI is InChI=1S/C18H22/c1-3-9-15(10-4-1)17-13-7-8-14-18(17)16-11-5-2-6-12-16/h1,3-4,7-10,13-14,16-18H,2,5-6,11-12H2. The summed E-state index contributed by atoms with van der Waals surface area (Å²) < 4.78 is 0. The molecule has 94 valence electrons. The van der Waals surface area contributed by atoms with E-state index in [1.807, 2.05) is 0 Å². The van der Waals surface area contributed by atoms with Crippen LogP contribution in [-0.2, 0) is 0 Å². The monoisotopic (exact) mass is 238 g/mol. The van der Waals surface area contributed by atoms with Crippen LogP contribution in [0.1, 0.15) is 43.6 Å². The lowest BCUT2D eigenvalue weighted by Crippen LogP contribution is -2.23. The van der Waals surface area contributed by atoms with Crippen LogP contribution < -0.4 is 0 Å². The van der Waals surface area contributed by atoms with Crippen LogP contribution in [0.15, 0.2) is 54.6 Å². The van der Waals surface area contributed by atoms with E-state index in [2.05, 4.69) is 54.6 Å². The average molecular weight is 238 g/mol. The number of allylic oxidation sites excluding steroid dienone is 4. The molecule has 2 aliphatic rings. The van der Waals surface area contributed by atoms with Gasteiger partial charge in [0.05, 0.1) is 0 Å². The summed E-state index contributed by atoms with van der Waals surface area (Å²) in [4.78, 5) is 0. The van der Waals surface area contributed by atoms with Crippen molar-refractivity contribution >= 4 is 0 Å². The van der Waals surface area contributed by atoms with Gasteiger partial charge in [0.1, 0.15) is 0 Å². The van der Waals surface area contributed by atoms with Gasteiger partial charge in [0.25, 0.3) is 0 Å². The second kappa shape index (κ2) is 5.56. The zero-order valence-corrected chi connectivity index (χ0v) is 11.0. The lowest BCUT2D eigenvalue weighted by molar-refractivity contribution is 0.270. The average Bonchev–Trinajstić information content (AvgIpc) is 2.49. The number of hydrogen-bond acceptors (Lipinski definition) is 0. The van der Waals surface area contributed by atoms with Gasteiger partial charge in [0, 0.05) is 5.92 Å². The zero-order chi connectivity index (χ0) is 12.2. The minimum absolute atomic E-state index is 0.597. The molecule has 18 heavy (non-hydrogen) atoms. The maximum absolute atomic E-state index is 2.45. The van der Waals surface area contributed by atoms with Crippen LogP contribution in [0.3, 0.4) is 0 Å². The van der Waals surface area contributed by atoms with Crippen molar-refractivity contribution in [2.45, 2.75) is 38.0 Å². The summed E-state index contributed by atoms with van der Waals surface area (Å²) in [5.74, 6) is 2.21. The molecule has 2 aliphatic carbocycles. The van der Waals surface area contributed by atoms with Crippen LogP contribution in [0.25, 0.3) is 0 Å². The Morgan fingerprint density at radius 2 is 1.50 bits per heavy atom. The van der Waals surface area contributed by atoms with E-state index in [1.54, 1.807) is 0 Å². The first-order valence-electron chi connectivity index (χ1n) is 7.35. The Hall–Kier alpha value is -1.30. The molecule has 0 nitrogen and oxygen atoms in total. The smallest absolute Gasteiger partial charge is 0.00866 e. The summed E-state index contributed by atoms with van der Waals surface area (Å²) in [6, 6.07) is 11.0. The van der Waals surface area contributed by atoms with Gasteiger partial charge in [-0.3, -0.25) is 0 Å². The van der Waals surface area contributed by atoms with Crippen LogP contribution in [0, 0.1) is 11.8 Å². The third kappa shape index (κ3) is 2.43. The molecule has 1 aromatic carbocycles. The summed E-state index contributed by atoms with van der Waals surface area (Å²) in [5, 5.41) is 0. The van der Waals surface area contributed by atoms with Crippen molar-refractivity contribution in [3.8, 4) is 0 Å². The second-order valence-corrected chi connectivity index (χ2v) is 5.68. The predicted molar refractivity (Wildman–Crippen MR) is 77.5 cm³/mol. The summed E-state index contributed by atoms with van der Waals surface area (Å²) in [7, 11) is 0. The summed E-state index contributed by atoms with van der Waals surface area (Å²) >= 11 is 0. The van der Waals surface area contributed by atoms with Gasteiger partial charge >= 0.3 is 0 Å². The fourth-order valence-corrected chi connectivity index (χ4v) is 3.60. The van der Waals surface area contributed by atoms with Crippen LogP contribution in [0.2, 0.25) is 0 Å². The maximum atomic E-state index is 2.45. The van der Waals surface area contributed by atoms with Gasteiger partial charge in [0.2, 0.25) is 0 Å². The van der Waals surface area contributed by atoms with Crippen molar-refractivity contribution < 1.29 is 0 Å². The van der Waals surface area contributed by atoms with E-state index >= 15 is 0 Å². The first-order chi connectivity index (χ1) is 8.95. The third-order valence-corrected chi connectivity index (χ3v) is 4.56. The van der Waals surface area contributed by atoms with Gasteiger partial charge in [0.15, 0.2) is 0 Å². The lowest BCUT2D eigenvalue weighted by Gasteiger charge is -2.34. The highest BCUT2D eigenvalue weighted by molar-refractivity contribution is 5.31. The molecule has 0 saturated heterocycles. The molecular weight excluding hydrogens is 216 g/mol. The number of rotatable bonds is 2. The summed E-state index contributed by atoms with van der Waals surface area (Å²) in [6.07, 6.45) is 16.5. The molecule has 1 aromatic rings. The molecule has 2 unspecified atom stereocenters. The maximum Gasteiger partial charge on any atom is 0.00866 e. The molecule has 0 radical (unpaired) electrons. The Kier molecular flexibility index (Phi) is 3.64. The molecule has 0 bridgehead atoms. The van der Waals surface area contributed by atoms with Gasteiger partial charge in [-0.1, -0.05) is 73.9 Å². The van der Waals surface area contributed by atoms with Crippen molar-refractivity contribution in [1.82, 2.24) is 0 Å². The van der Waals surface area contributed by atoms with Crippen LogP contribution in [0.4, 0.5) is 0 Å². The first kappa shape index (κ1) is 11.8. The minimum Gasteiger partial charge on any atom is -0.0802 e. The lowest BCUT2D eigenvalue weighted by atomic mass is 9.70. The Bertz CT molecular complexity index is 421. The van der Waals surface area contributed by atoms with Gasteiger partial charge in [-0.25, -0.2) is 0 Å². The molecule has 0 N–H and O–H groups in total. The van der Waals surface area contributed by atoms with E-state index in [1.165, 1.54) is 37.7 Å². The van der Waals surface area contributed by atoms with E-state index in [-0.39, 0.29) is 0 Å². The van der Waals surface area contributed by atoms with Gasteiger partial charge in [-0.15, -0.1) is 0 Å². The Balaban J connectivity index is 1.83. The quantitative estimate of drug-likeness (QED) is 0.673. The highest BCUT2D eigenvalue weighted by Crippen LogP contribution is 2.41. The molecule has 0 heterocycles. The van der Waals surface area contributed by atoms with E-state index < -0.39 is 0 Å². The van der Waals surface area contributed by atoms with E-state index in [0.29, 0.717) is 5.92 Å². The van der Waals surface area contributed by atoms with Gasteiger partial charge in [-0.2, -0.15) is 0 Å². The summed E-state index contributed by atoms with van der Waals surface area (Å²) in [5.41, 5.74) is 1.48. The molecule has 0 aliphatic heterocycles. The summed E-state index contributed by atoms with van der Waals surface area (Å²) in [6.45, 7) is 0. The third-order valence-electron chi connectivity index (χ3n) is 4.56. The van der Waals surface area contributed by atoms with Crippen molar-refractivity contribution in [2.75, 3.05) is 0 Å². The van der Waals surface area contributed by atoms with E-state index in [4.69, 9.17) is 0 Å². The topological polar surface area (TPSA) is 0 Å². The largest absolute Gasteiger partial charge is 0.0802 e. The van der Waals surface area contributed by atoms with Crippen LogP contribution >= 0.6 is 0 Å². The van der Waals surface area contributed by atoms with Crippen molar-refractivity contribution in [2.24, 2.45) is 11.8 Å². The van der Waals surface area contributed by atoms with Crippen molar-refractivity contribution in [3.63, 3.8) is 0 Å². The fraction of sp³-hybridized carbons (Fsp3) is 0.444. The molecule has 1 fully saturated rings.